The van der Waals surface area contributed by atoms with Gasteiger partial charge in [-0.2, -0.15) is 27.1 Å². The zero-order chi connectivity index (χ0) is 29.2. The van der Waals surface area contributed by atoms with Crippen LogP contribution in [0.15, 0.2) is 97.0 Å². The number of hydrogen-bond acceptors (Lipinski definition) is 11. The van der Waals surface area contributed by atoms with Crippen LogP contribution in [-0.4, -0.2) is 96.1 Å². The van der Waals surface area contributed by atoms with Gasteiger partial charge in [0.2, 0.25) is 5.91 Å². The minimum atomic E-state index is -5.02. The van der Waals surface area contributed by atoms with Crippen molar-refractivity contribution in [3.63, 3.8) is 0 Å². The molecule has 0 aliphatic heterocycles. The summed E-state index contributed by atoms with van der Waals surface area (Å²) in [6.07, 6.45) is 0. The number of rotatable bonds is 7. The van der Waals surface area contributed by atoms with E-state index in [1.165, 1.54) is 31.2 Å². The molecule has 0 aliphatic rings. The fourth-order valence-corrected chi connectivity index (χ4v) is 4.96. The molecule has 0 aliphatic carbocycles. The van der Waals surface area contributed by atoms with Crippen molar-refractivity contribution in [1.29, 1.82) is 0 Å². The zero-order valence-electron chi connectivity index (χ0n) is 22.4. The molecule has 4 rings (SSSR count). The van der Waals surface area contributed by atoms with Crippen molar-refractivity contribution in [2.24, 2.45) is 20.5 Å². The van der Waals surface area contributed by atoms with Crippen LogP contribution in [0.3, 0.4) is 0 Å². The molecule has 4 aromatic carbocycles. The molecular formula is C24H20N6Na2O8S2. The number of nitrogens with one attached hydrogen (secondary N) is 1. The number of phenolic OH excluding ortho intramolecular Hbond substituents is 1. The maximum Gasteiger partial charge on any atom is 0.296 e. The number of fused-ring (bicyclic) bond motifs is 1. The summed E-state index contributed by atoms with van der Waals surface area (Å²) in [6, 6.07) is 15.6. The minimum Gasteiger partial charge on any atom is -0.505 e. The summed E-state index contributed by atoms with van der Waals surface area (Å²) < 4.78 is 68.3. The summed E-state index contributed by atoms with van der Waals surface area (Å²) in [5.74, 6) is -1.16. The first-order chi connectivity index (χ1) is 18.8. The molecule has 0 aromatic heterocycles. The van der Waals surface area contributed by atoms with Gasteiger partial charge in [0.15, 0.2) is 5.75 Å². The molecule has 0 bridgehead atoms. The van der Waals surface area contributed by atoms with Gasteiger partial charge in [0, 0.05) is 71.7 Å². The van der Waals surface area contributed by atoms with Crippen LogP contribution in [0.2, 0.25) is 0 Å². The molecule has 0 saturated carbocycles. The molecule has 0 atom stereocenters. The van der Waals surface area contributed by atoms with Crippen LogP contribution in [0.25, 0.3) is 10.8 Å². The van der Waals surface area contributed by atoms with Crippen LogP contribution in [-0.2, 0) is 25.0 Å². The molecule has 14 nitrogen and oxygen atoms in total. The Labute approximate surface area is 284 Å². The molecule has 6 N–H and O–H groups in total. The number of amides is 1. The van der Waals surface area contributed by atoms with Gasteiger partial charge in [-0.05, 0) is 53.9 Å². The van der Waals surface area contributed by atoms with Gasteiger partial charge < -0.3 is 16.2 Å². The van der Waals surface area contributed by atoms with Crippen molar-refractivity contribution in [2.75, 3.05) is 11.1 Å². The molecule has 0 fully saturated rings. The molecule has 1 amide bonds. The molecule has 0 heterocycles. The molecule has 18 heteroatoms. The second-order valence-corrected chi connectivity index (χ2v) is 11.0. The Hall–Kier alpha value is -2.77. The van der Waals surface area contributed by atoms with Crippen LogP contribution in [0.5, 0.6) is 5.75 Å². The fourth-order valence-electron chi connectivity index (χ4n) is 3.63. The van der Waals surface area contributed by atoms with Gasteiger partial charge in [-0.25, -0.2) is 0 Å². The van der Waals surface area contributed by atoms with E-state index < -0.39 is 52.8 Å². The first-order valence-electron chi connectivity index (χ1n) is 11.1. The molecule has 42 heavy (non-hydrogen) atoms. The molecule has 4 aromatic rings. The van der Waals surface area contributed by atoms with Gasteiger partial charge in [-0.15, -0.1) is 10.2 Å². The number of nitrogens with zero attached hydrogens (tertiary/aromatic N) is 4. The SMILES string of the molecule is CC(=O)Nc1ccc(N=Nc2c(S(=O)(=O)O)cc3cc(S(=O)(=O)O)c(N=Nc4ccccc4)c(O)c3c2N)cc1.[Na].[Na]. The summed E-state index contributed by atoms with van der Waals surface area (Å²) >= 11 is 0. The first-order valence-corrected chi connectivity index (χ1v) is 14.0. The third kappa shape index (κ3) is 8.19. The number of aromatic hydroxyl groups is 1. The van der Waals surface area contributed by atoms with Crippen molar-refractivity contribution < 1.29 is 35.8 Å². The fraction of sp³-hybridized carbons (Fsp3) is 0.0417. The maximum absolute atomic E-state index is 12.2. The Morgan fingerprint density at radius 1 is 0.762 bits per heavy atom. The average Bonchev–Trinajstić information content (AvgIpc) is 2.87. The number of anilines is 2. The number of nitrogen functional groups attached to an aromatic ring is 1. The van der Waals surface area contributed by atoms with E-state index in [2.05, 4.69) is 25.8 Å². The van der Waals surface area contributed by atoms with Crippen LogP contribution in [0, 0.1) is 0 Å². The maximum atomic E-state index is 12.2. The van der Waals surface area contributed by atoms with Gasteiger partial charge in [-0.1, -0.05) is 18.2 Å². The molecule has 0 spiro atoms. The van der Waals surface area contributed by atoms with Gasteiger partial charge in [0.25, 0.3) is 20.2 Å². The number of carbonyl (C=O) groups is 1. The average molecular weight is 631 g/mol. The number of nitrogens with two attached hydrogens (primary N) is 1. The third-order valence-electron chi connectivity index (χ3n) is 5.34. The number of phenols is 1. The first kappa shape index (κ1) is 35.4. The van der Waals surface area contributed by atoms with E-state index in [1.54, 1.807) is 30.3 Å². The monoisotopic (exact) mass is 630 g/mol. The number of benzene rings is 4. The van der Waals surface area contributed by atoms with E-state index >= 15 is 0 Å². The topological polar surface area (TPSA) is 234 Å². The molecule has 208 valence electrons. The second kappa shape index (κ2) is 14.1. The Morgan fingerprint density at radius 2 is 1.24 bits per heavy atom. The molecular weight excluding hydrogens is 610 g/mol. The summed E-state index contributed by atoms with van der Waals surface area (Å²) in [6.45, 7) is 1.33. The Bertz CT molecular complexity index is 1920. The van der Waals surface area contributed by atoms with Crippen LogP contribution in [0.1, 0.15) is 6.92 Å². The number of azo groups is 2. The zero-order valence-corrected chi connectivity index (χ0v) is 28.0. The molecule has 0 saturated heterocycles. The Balaban J connectivity index is 0.00000308. The van der Waals surface area contributed by atoms with Crippen LogP contribution >= 0.6 is 0 Å². The van der Waals surface area contributed by atoms with Gasteiger partial charge >= 0.3 is 0 Å². The summed E-state index contributed by atoms with van der Waals surface area (Å²) in [4.78, 5) is 9.45. The van der Waals surface area contributed by atoms with Gasteiger partial charge in [-0.3, -0.25) is 13.9 Å². The van der Waals surface area contributed by atoms with E-state index in [9.17, 15) is 35.8 Å². The van der Waals surface area contributed by atoms with Crippen molar-refractivity contribution in [2.45, 2.75) is 16.7 Å². The normalized spacial score (nSPS) is 11.8. The predicted octanol–water partition coefficient (Wildman–Crippen LogP) is 4.65. The van der Waals surface area contributed by atoms with E-state index in [-0.39, 0.29) is 87.2 Å². The standard InChI is InChI=1S/C24H20N6O8S2.2Na/c1-13(31)26-15-7-9-17(10-8-15)28-29-22-18(39(33,34)35)11-14-12-19(40(36,37)38)23(24(32)20(14)21(22)25)30-27-16-5-3-2-4-6-16;;/h2-12,32H,25H2,1H3,(H,26,31)(H,33,34,35)(H,36,37,38);;. The van der Waals surface area contributed by atoms with Crippen LogP contribution < -0.4 is 11.1 Å². The summed E-state index contributed by atoms with van der Waals surface area (Å²) in [5.41, 5.74) is 5.39. The van der Waals surface area contributed by atoms with Crippen molar-refractivity contribution in [3.8, 4) is 5.75 Å². The molecule has 2 radical (unpaired) electrons. The van der Waals surface area contributed by atoms with Crippen molar-refractivity contribution in [1.82, 2.24) is 0 Å². The quantitative estimate of drug-likeness (QED) is 0.0826. The summed E-state index contributed by atoms with van der Waals surface area (Å²) in [7, 11) is -10.0. The summed E-state index contributed by atoms with van der Waals surface area (Å²) in [5, 5.41) is 28.5. The van der Waals surface area contributed by atoms with E-state index in [0.717, 1.165) is 12.1 Å². The van der Waals surface area contributed by atoms with Crippen molar-refractivity contribution >= 4 is 130 Å². The van der Waals surface area contributed by atoms with Crippen molar-refractivity contribution in [3.05, 3.63) is 66.7 Å². The number of carbonyl (C=O) groups excluding carboxylic acids is 1. The van der Waals surface area contributed by atoms with E-state index in [4.69, 9.17) is 5.73 Å². The number of hydrogen-bond donors (Lipinski definition) is 5. The Morgan fingerprint density at radius 3 is 1.74 bits per heavy atom. The largest absolute Gasteiger partial charge is 0.505 e. The third-order valence-corrected chi connectivity index (χ3v) is 7.08. The predicted molar refractivity (Wildman–Crippen MR) is 157 cm³/mol. The molecule has 0 unspecified atom stereocenters. The Kier molecular flexibility index (Phi) is 11.9. The van der Waals surface area contributed by atoms with Crippen LogP contribution in [0.4, 0.5) is 34.1 Å². The van der Waals surface area contributed by atoms with Gasteiger partial charge in [0.05, 0.1) is 22.4 Å². The van der Waals surface area contributed by atoms with Gasteiger partial charge in [0.1, 0.15) is 21.2 Å². The smallest absolute Gasteiger partial charge is 0.296 e. The van der Waals surface area contributed by atoms with E-state index in [1.807, 2.05) is 0 Å². The minimum absolute atomic E-state index is 0. The second-order valence-electron chi connectivity index (χ2n) is 8.22. The van der Waals surface area contributed by atoms with E-state index in [0.29, 0.717) is 5.69 Å².